The summed E-state index contributed by atoms with van der Waals surface area (Å²) in [7, 11) is 3.77. The van der Waals surface area contributed by atoms with Crippen molar-refractivity contribution in [2.24, 2.45) is 0 Å². The van der Waals surface area contributed by atoms with Crippen molar-refractivity contribution in [3.8, 4) is 17.0 Å². The summed E-state index contributed by atoms with van der Waals surface area (Å²) in [4.78, 5) is 31.8. The molecule has 0 atom stereocenters. The lowest BCUT2D eigenvalue weighted by Crippen LogP contribution is -2.31. The third kappa shape index (κ3) is 7.24. The number of hydrogen-bond acceptors (Lipinski definition) is 9. The second-order valence-electron chi connectivity index (χ2n) is 9.46. The number of aromatic nitrogens is 4. The van der Waals surface area contributed by atoms with E-state index in [9.17, 15) is 4.79 Å². The summed E-state index contributed by atoms with van der Waals surface area (Å²) in [6, 6.07) is 5.67. The summed E-state index contributed by atoms with van der Waals surface area (Å²) in [5.41, 5.74) is 2.79. The van der Waals surface area contributed by atoms with Gasteiger partial charge in [0, 0.05) is 62.4 Å². The third-order valence-corrected chi connectivity index (χ3v) is 6.65. The molecule has 10 heteroatoms. The predicted octanol–water partition coefficient (Wildman–Crippen LogP) is 2.73. The Morgan fingerprint density at radius 3 is 2.68 bits per heavy atom. The molecule has 1 fully saturated rings. The first kappa shape index (κ1) is 27.0. The van der Waals surface area contributed by atoms with Crippen LogP contribution in [-0.2, 0) is 11.3 Å². The first-order valence-corrected chi connectivity index (χ1v) is 13.2. The van der Waals surface area contributed by atoms with E-state index in [0.29, 0.717) is 49.2 Å². The molecular weight excluding hydrogens is 470 g/mol. The van der Waals surface area contributed by atoms with Gasteiger partial charge in [-0.2, -0.15) is 0 Å². The van der Waals surface area contributed by atoms with Crippen molar-refractivity contribution in [3.63, 3.8) is 0 Å². The molecule has 200 valence electrons. The van der Waals surface area contributed by atoms with E-state index in [1.165, 1.54) is 6.42 Å². The molecule has 0 aliphatic carbocycles. The van der Waals surface area contributed by atoms with Crippen LogP contribution >= 0.6 is 0 Å². The number of ether oxygens (including phenoxy) is 2. The Labute approximate surface area is 218 Å². The van der Waals surface area contributed by atoms with E-state index in [1.54, 1.807) is 30.1 Å². The Kier molecular flexibility index (Phi) is 9.81. The molecule has 0 radical (unpaired) electrons. The molecule has 10 nitrogen and oxygen atoms in total. The van der Waals surface area contributed by atoms with Crippen LogP contribution < -0.4 is 15.6 Å². The number of nitrogens with one attached hydrogen (secondary N) is 1. The molecule has 0 bridgehead atoms. The molecule has 3 aromatic rings. The molecule has 1 aliphatic heterocycles. The average Bonchev–Trinajstić information content (AvgIpc) is 3.14. The van der Waals surface area contributed by atoms with Gasteiger partial charge in [0.2, 0.25) is 5.88 Å². The molecule has 0 amide bonds. The Bertz CT molecular complexity index is 1200. The molecule has 0 unspecified atom stereocenters. The highest BCUT2D eigenvalue weighted by atomic mass is 16.5. The van der Waals surface area contributed by atoms with Crippen molar-refractivity contribution in [1.29, 1.82) is 0 Å². The smallest absolute Gasteiger partial charge is 0.293 e. The molecule has 3 aromatic heterocycles. The van der Waals surface area contributed by atoms with Crippen LogP contribution in [0.4, 0.5) is 5.82 Å². The molecular formula is C27H39N7O3. The molecule has 0 aromatic carbocycles. The topological polar surface area (TPSA) is 97.6 Å². The molecule has 4 heterocycles. The summed E-state index contributed by atoms with van der Waals surface area (Å²) in [6.45, 7) is 9.77. The van der Waals surface area contributed by atoms with E-state index in [1.807, 2.05) is 12.1 Å². The molecule has 1 saturated heterocycles. The van der Waals surface area contributed by atoms with Crippen molar-refractivity contribution in [2.45, 2.75) is 32.7 Å². The molecule has 0 saturated carbocycles. The minimum absolute atomic E-state index is 0.157. The van der Waals surface area contributed by atoms with E-state index in [-0.39, 0.29) is 5.56 Å². The van der Waals surface area contributed by atoms with Crippen LogP contribution in [0.5, 0.6) is 5.88 Å². The summed E-state index contributed by atoms with van der Waals surface area (Å²) in [5, 5.41) is 3.28. The number of pyridine rings is 2. The Hall–Kier alpha value is -3.08. The fourth-order valence-electron chi connectivity index (χ4n) is 4.52. The average molecular weight is 510 g/mol. The largest absolute Gasteiger partial charge is 0.481 e. The maximum Gasteiger partial charge on any atom is 0.293 e. The summed E-state index contributed by atoms with van der Waals surface area (Å²) < 4.78 is 12.6. The number of hydrogen-bond donors (Lipinski definition) is 1. The van der Waals surface area contributed by atoms with Gasteiger partial charge in [0.05, 0.1) is 19.2 Å². The van der Waals surface area contributed by atoms with E-state index in [0.717, 1.165) is 56.7 Å². The SMILES string of the molecule is CCCOCCn1c(=O)c(NCCCN2CCCN(C)CC2)nc2ncc(-c3ccc(OC)nc3)cc21. The number of nitrogens with zero attached hydrogens (tertiary/aromatic N) is 6. The number of likely N-dealkylation sites (N-methyl/N-ethyl adjacent to an activating group) is 1. The number of anilines is 1. The van der Waals surface area contributed by atoms with Crippen LogP contribution in [0.25, 0.3) is 22.3 Å². The number of methoxy groups -OCH3 is 1. The first-order chi connectivity index (χ1) is 18.1. The monoisotopic (exact) mass is 509 g/mol. The molecule has 4 rings (SSSR count). The van der Waals surface area contributed by atoms with Gasteiger partial charge in [0.25, 0.3) is 5.56 Å². The quantitative estimate of drug-likeness (QED) is 0.370. The van der Waals surface area contributed by atoms with Crippen LogP contribution in [0.2, 0.25) is 0 Å². The van der Waals surface area contributed by atoms with Gasteiger partial charge in [-0.05, 0) is 58.1 Å². The van der Waals surface area contributed by atoms with Gasteiger partial charge in [0.1, 0.15) is 0 Å². The molecule has 0 spiro atoms. The summed E-state index contributed by atoms with van der Waals surface area (Å²) >= 11 is 0. The molecule has 1 N–H and O–H groups in total. The summed E-state index contributed by atoms with van der Waals surface area (Å²) in [5.74, 6) is 0.882. The molecule has 1 aliphatic rings. The van der Waals surface area contributed by atoms with Crippen LogP contribution in [0.3, 0.4) is 0 Å². The predicted molar refractivity (Wildman–Crippen MR) is 146 cm³/mol. The minimum atomic E-state index is -0.157. The lowest BCUT2D eigenvalue weighted by molar-refractivity contribution is 0.127. The lowest BCUT2D eigenvalue weighted by atomic mass is 10.1. The highest BCUT2D eigenvalue weighted by Gasteiger charge is 2.15. The summed E-state index contributed by atoms with van der Waals surface area (Å²) in [6.07, 6.45) is 6.57. The highest BCUT2D eigenvalue weighted by molar-refractivity contribution is 5.78. The Balaban J connectivity index is 1.52. The normalized spacial score (nSPS) is 15.1. The van der Waals surface area contributed by atoms with Crippen LogP contribution in [0.15, 0.2) is 35.4 Å². The fraction of sp³-hybridized carbons (Fsp3) is 0.556. The second kappa shape index (κ2) is 13.5. The first-order valence-electron chi connectivity index (χ1n) is 13.2. The zero-order valence-electron chi connectivity index (χ0n) is 22.3. The van der Waals surface area contributed by atoms with Gasteiger partial charge in [-0.3, -0.25) is 9.36 Å². The third-order valence-electron chi connectivity index (χ3n) is 6.65. The van der Waals surface area contributed by atoms with Gasteiger partial charge in [0.15, 0.2) is 11.5 Å². The van der Waals surface area contributed by atoms with Crippen molar-refractivity contribution in [3.05, 3.63) is 40.9 Å². The van der Waals surface area contributed by atoms with Gasteiger partial charge in [-0.25, -0.2) is 15.0 Å². The maximum absolute atomic E-state index is 13.5. The lowest BCUT2D eigenvalue weighted by Gasteiger charge is -2.20. The molecule has 37 heavy (non-hydrogen) atoms. The highest BCUT2D eigenvalue weighted by Crippen LogP contribution is 2.23. The Morgan fingerprint density at radius 2 is 1.89 bits per heavy atom. The van der Waals surface area contributed by atoms with Gasteiger partial charge >= 0.3 is 0 Å². The van der Waals surface area contributed by atoms with Crippen molar-refractivity contribution in [1.82, 2.24) is 29.3 Å². The Morgan fingerprint density at radius 1 is 1.03 bits per heavy atom. The van der Waals surface area contributed by atoms with Crippen molar-refractivity contribution in [2.75, 3.05) is 72.0 Å². The fourth-order valence-corrected chi connectivity index (χ4v) is 4.52. The standard InChI is InChI=1S/C27H39N7O3/c1-4-16-37-17-15-34-23-18-22(21-7-8-24(36-3)29-19-21)20-30-25(23)31-26(27(34)35)28-9-5-11-33-12-6-10-32(2)13-14-33/h7-8,18-20H,4-6,9-17H2,1-3H3,(H,28,30,31). The van der Waals surface area contributed by atoms with Gasteiger partial charge < -0.3 is 24.6 Å². The van der Waals surface area contributed by atoms with Gasteiger partial charge in [-0.1, -0.05) is 6.92 Å². The van der Waals surface area contributed by atoms with Crippen molar-refractivity contribution < 1.29 is 9.47 Å². The zero-order valence-corrected chi connectivity index (χ0v) is 22.3. The van der Waals surface area contributed by atoms with Crippen LogP contribution in [0.1, 0.15) is 26.2 Å². The van der Waals surface area contributed by atoms with E-state index in [2.05, 4.69) is 44.0 Å². The zero-order chi connectivity index (χ0) is 26.0. The van der Waals surface area contributed by atoms with Crippen LogP contribution in [-0.4, -0.2) is 96.0 Å². The van der Waals surface area contributed by atoms with Crippen LogP contribution in [0, 0.1) is 0 Å². The van der Waals surface area contributed by atoms with E-state index >= 15 is 0 Å². The van der Waals surface area contributed by atoms with Crippen molar-refractivity contribution >= 4 is 17.0 Å². The number of rotatable bonds is 12. The minimum Gasteiger partial charge on any atom is -0.481 e. The van der Waals surface area contributed by atoms with E-state index < -0.39 is 0 Å². The number of fused-ring (bicyclic) bond motifs is 1. The van der Waals surface area contributed by atoms with E-state index in [4.69, 9.17) is 9.47 Å². The maximum atomic E-state index is 13.5. The second-order valence-corrected chi connectivity index (χ2v) is 9.46. The van der Waals surface area contributed by atoms with Gasteiger partial charge in [-0.15, -0.1) is 0 Å².